The molecular formula is C21H26N2O2. The molecule has 0 aromatic heterocycles. The van der Waals surface area contributed by atoms with Gasteiger partial charge in [0.05, 0.1) is 0 Å². The Morgan fingerprint density at radius 2 is 1.64 bits per heavy atom. The predicted molar refractivity (Wildman–Crippen MR) is 99.9 cm³/mol. The fraction of sp³-hybridized carbons (Fsp3) is 0.381. The summed E-state index contributed by atoms with van der Waals surface area (Å²) in [4.78, 5) is 16.8. The molecule has 0 atom stereocenters. The van der Waals surface area contributed by atoms with Crippen molar-refractivity contribution in [3.63, 3.8) is 0 Å². The van der Waals surface area contributed by atoms with E-state index in [-0.39, 0.29) is 5.91 Å². The molecule has 0 saturated carbocycles. The molecule has 1 fully saturated rings. The Balaban J connectivity index is 1.41. The fourth-order valence-electron chi connectivity index (χ4n) is 3.28. The summed E-state index contributed by atoms with van der Waals surface area (Å²) in [5.74, 6) is 1.06. The Morgan fingerprint density at radius 3 is 2.28 bits per heavy atom. The number of amides is 1. The summed E-state index contributed by atoms with van der Waals surface area (Å²) in [7, 11) is 2.15. The van der Waals surface area contributed by atoms with Crippen molar-refractivity contribution in [2.75, 3.05) is 33.3 Å². The highest BCUT2D eigenvalue weighted by molar-refractivity contribution is 5.94. The normalized spacial score (nSPS) is 15.4. The number of nitrogens with zero attached hydrogens (tertiary/aromatic N) is 2. The van der Waals surface area contributed by atoms with E-state index in [0.29, 0.717) is 12.6 Å². The first-order valence-electron chi connectivity index (χ1n) is 8.96. The van der Waals surface area contributed by atoms with E-state index < -0.39 is 0 Å². The molecule has 0 N–H and O–H groups in total. The molecule has 132 valence electrons. The first-order chi connectivity index (χ1) is 12.2. The molecule has 0 bridgehead atoms. The molecule has 4 heteroatoms. The average Bonchev–Trinajstić information content (AvgIpc) is 2.69. The van der Waals surface area contributed by atoms with E-state index in [1.807, 2.05) is 65.6 Å². The Kier molecular flexibility index (Phi) is 6.07. The highest BCUT2D eigenvalue weighted by Gasteiger charge is 2.25. The maximum absolute atomic E-state index is 12.5. The van der Waals surface area contributed by atoms with Crippen molar-refractivity contribution < 1.29 is 9.53 Å². The molecule has 2 aromatic rings. The van der Waals surface area contributed by atoms with Crippen molar-refractivity contribution >= 4 is 5.91 Å². The number of benzene rings is 2. The van der Waals surface area contributed by atoms with Gasteiger partial charge >= 0.3 is 0 Å². The van der Waals surface area contributed by atoms with Crippen molar-refractivity contribution in [2.24, 2.45) is 0 Å². The van der Waals surface area contributed by atoms with E-state index >= 15 is 0 Å². The standard InChI is InChI=1S/C21H26N2O2/c1-22(16-17-25-20-10-6-3-7-11-20)19-12-14-23(15-13-19)21(24)18-8-4-2-5-9-18/h2-11,19H,12-17H2,1H3. The summed E-state index contributed by atoms with van der Waals surface area (Å²) in [6, 6.07) is 20.0. The van der Waals surface area contributed by atoms with E-state index in [4.69, 9.17) is 4.74 Å². The van der Waals surface area contributed by atoms with E-state index in [2.05, 4.69) is 11.9 Å². The Hall–Kier alpha value is -2.33. The molecule has 1 saturated heterocycles. The van der Waals surface area contributed by atoms with Gasteiger partial charge in [-0.15, -0.1) is 0 Å². The zero-order chi connectivity index (χ0) is 17.5. The minimum absolute atomic E-state index is 0.147. The molecular weight excluding hydrogens is 312 g/mol. The lowest BCUT2D eigenvalue weighted by atomic mass is 10.0. The zero-order valence-electron chi connectivity index (χ0n) is 14.8. The van der Waals surface area contributed by atoms with Crippen molar-refractivity contribution in [2.45, 2.75) is 18.9 Å². The number of hydrogen-bond acceptors (Lipinski definition) is 3. The number of carbonyl (C=O) groups is 1. The van der Waals surface area contributed by atoms with Crippen LogP contribution in [0.5, 0.6) is 5.75 Å². The third-order valence-corrected chi connectivity index (χ3v) is 4.85. The predicted octanol–water partition coefficient (Wildman–Crippen LogP) is 3.30. The SMILES string of the molecule is CN(CCOc1ccccc1)C1CCN(C(=O)c2ccccc2)CC1. The Bertz CT molecular complexity index is 652. The molecule has 1 amide bonds. The molecule has 0 aliphatic carbocycles. The van der Waals surface area contributed by atoms with E-state index in [1.165, 1.54) is 0 Å². The second kappa shape index (κ2) is 8.67. The molecule has 25 heavy (non-hydrogen) atoms. The second-order valence-corrected chi connectivity index (χ2v) is 6.53. The Labute approximate surface area is 150 Å². The fourth-order valence-corrected chi connectivity index (χ4v) is 3.28. The smallest absolute Gasteiger partial charge is 0.253 e. The van der Waals surface area contributed by atoms with Gasteiger partial charge in [-0.25, -0.2) is 0 Å². The summed E-state index contributed by atoms with van der Waals surface area (Å²) >= 11 is 0. The second-order valence-electron chi connectivity index (χ2n) is 6.53. The van der Waals surface area contributed by atoms with Crippen LogP contribution in [-0.2, 0) is 0 Å². The summed E-state index contributed by atoms with van der Waals surface area (Å²) in [5, 5.41) is 0. The minimum atomic E-state index is 0.147. The van der Waals surface area contributed by atoms with Gasteiger partial charge in [-0.2, -0.15) is 0 Å². The lowest BCUT2D eigenvalue weighted by Crippen LogP contribution is -2.46. The average molecular weight is 338 g/mol. The van der Waals surface area contributed by atoms with Crippen LogP contribution >= 0.6 is 0 Å². The molecule has 0 unspecified atom stereocenters. The van der Waals surface area contributed by atoms with E-state index in [0.717, 1.165) is 43.8 Å². The quantitative estimate of drug-likeness (QED) is 0.810. The van der Waals surface area contributed by atoms with Gasteiger partial charge in [0, 0.05) is 31.2 Å². The third-order valence-electron chi connectivity index (χ3n) is 4.85. The molecule has 3 rings (SSSR count). The lowest BCUT2D eigenvalue weighted by Gasteiger charge is -2.36. The van der Waals surface area contributed by atoms with Crippen LogP contribution in [0.25, 0.3) is 0 Å². The first kappa shape index (κ1) is 17.5. The molecule has 2 aromatic carbocycles. The van der Waals surface area contributed by atoms with Crippen LogP contribution in [0.4, 0.5) is 0 Å². The van der Waals surface area contributed by atoms with Crippen LogP contribution in [0.3, 0.4) is 0 Å². The van der Waals surface area contributed by atoms with Crippen molar-refractivity contribution in [1.82, 2.24) is 9.80 Å². The summed E-state index contributed by atoms with van der Waals surface area (Å²) in [6.07, 6.45) is 2.03. The number of para-hydroxylation sites is 1. The molecule has 0 spiro atoms. The van der Waals surface area contributed by atoms with Crippen LogP contribution in [0, 0.1) is 0 Å². The zero-order valence-corrected chi connectivity index (χ0v) is 14.8. The molecule has 1 heterocycles. The lowest BCUT2D eigenvalue weighted by molar-refractivity contribution is 0.0633. The van der Waals surface area contributed by atoms with Crippen molar-refractivity contribution in [1.29, 1.82) is 0 Å². The Morgan fingerprint density at radius 1 is 1.04 bits per heavy atom. The highest BCUT2D eigenvalue weighted by atomic mass is 16.5. The van der Waals surface area contributed by atoms with Crippen LogP contribution < -0.4 is 4.74 Å². The number of piperidine rings is 1. The van der Waals surface area contributed by atoms with Crippen LogP contribution in [0.2, 0.25) is 0 Å². The van der Waals surface area contributed by atoms with Gasteiger partial charge in [-0.05, 0) is 44.2 Å². The molecule has 1 aliphatic heterocycles. The number of carbonyl (C=O) groups excluding carboxylic acids is 1. The van der Waals surface area contributed by atoms with Crippen LogP contribution in [0.15, 0.2) is 60.7 Å². The molecule has 4 nitrogen and oxygen atoms in total. The monoisotopic (exact) mass is 338 g/mol. The van der Waals surface area contributed by atoms with Crippen molar-refractivity contribution in [3.8, 4) is 5.75 Å². The van der Waals surface area contributed by atoms with Gasteiger partial charge < -0.3 is 9.64 Å². The third kappa shape index (κ3) is 4.83. The van der Waals surface area contributed by atoms with Gasteiger partial charge in [-0.3, -0.25) is 9.69 Å². The maximum Gasteiger partial charge on any atom is 0.253 e. The number of rotatable bonds is 6. The summed E-state index contributed by atoms with van der Waals surface area (Å²) in [6.45, 7) is 3.22. The largest absolute Gasteiger partial charge is 0.492 e. The summed E-state index contributed by atoms with van der Waals surface area (Å²) < 4.78 is 5.78. The van der Waals surface area contributed by atoms with Crippen LogP contribution in [0.1, 0.15) is 23.2 Å². The van der Waals surface area contributed by atoms with E-state index in [9.17, 15) is 4.79 Å². The number of ether oxygens (including phenoxy) is 1. The number of likely N-dealkylation sites (N-methyl/N-ethyl adjacent to an activating group) is 1. The van der Waals surface area contributed by atoms with Gasteiger partial charge in [0.1, 0.15) is 12.4 Å². The van der Waals surface area contributed by atoms with Gasteiger partial charge in [0.2, 0.25) is 0 Å². The topological polar surface area (TPSA) is 32.8 Å². The number of likely N-dealkylation sites (tertiary alicyclic amines) is 1. The molecule has 0 radical (unpaired) electrons. The molecule has 1 aliphatic rings. The van der Waals surface area contributed by atoms with Crippen LogP contribution in [-0.4, -0.2) is 55.0 Å². The maximum atomic E-state index is 12.5. The summed E-state index contributed by atoms with van der Waals surface area (Å²) in [5.41, 5.74) is 0.783. The van der Waals surface area contributed by atoms with Gasteiger partial charge in [-0.1, -0.05) is 36.4 Å². The highest BCUT2D eigenvalue weighted by Crippen LogP contribution is 2.18. The first-order valence-corrected chi connectivity index (χ1v) is 8.96. The minimum Gasteiger partial charge on any atom is -0.492 e. The van der Waals surface area contributed by atoms with E-state index in [1.54, 1.807) is 0 Å². The van der Waals surface area contributed by atoms with Gasteiger partial charge in [0.15, 0.2) is 0 Å². The van der Waals surface area contributed by atoms with Crippen molar-refractivity contribution in [3.05, 3.63) is 66.2 Å². The number of hydrogen-bond donors (Lipinski definition) is 0. The van der Waals surface area contributed by atoms with Gasteiger partial charge in [0.25, 0.3) is 5.91 Å².